The van der Waals surface area contributed by atoms with Gasteiger partial charge in [0, 0.05) is 5.56 Å². The Hall–Kier alpha value is -1.02. The van der Waals surface area contributed by atoms with E-state index in [1.165, 1.54) is 0 Å². The molecule has 2 nitrogen and oxygen atoms in total. The van der Waals surface area contributed by atoms with E-state index in [-0.39, 0.29) is 5.75 Å². The average molecular weight is 136 g/mol. The van der Waals surface area contributed by atoms with Crippen LogP contribution < -0.4 is 5.73 Å². The third-order valence-corrected chi connectivity index (χ3v) is 1.31. The summed E-state index contributed by atoms with van der Waals surface area (Å²) in [5.41, 5.74) is 6.09. The molecule has 10 heavy (non-hydrogen) atoms. The van der Waals surface area contributed by atoms with Crippen molar-refractivity contribution in [3.8, 4) is 5.75 Å². The fraction of sp³-hybridized carbons (Fsp3) is 0.250. The summed E-state index contributed by atoms with van der Waals surface area (Å²) < 4.78 is 0. The molecule has 1 aromatic carbocycles. The van der Waals surface area contributed by atoms with Crippen LogP contribution in [-0.2, 0) is 6.42 Å². The third kappa shape index (κ3) is 1.48. The van der Waals surface area contributed by atoms with Crippen molar-refractivity contribution in [1.82, 2.24) is 0 Å². The molecule has 0 heterocycles. The van der Waals surface area contributed by atoms with Crippen molar-refractivity contribution in [2.24, 2.45) is 5.73 Å². The molecule has 0 aliphatic rings. The van der Waals surface area contributed by atoms with Crippen LogP contribution in [0.5, 0.6) is 5.75 Å². The van der Waals surface area contributed by atoms with Crippen LogP contribution in [0.1, 0.15) is 5.56 Å². The van der Waals surface area contributed by atoms with Gasteiger partial charge in [0.15, 0.2) is 0 Å². The molecule has 0 atom stereocenters. The lowest BCUT2D eigenvalue weighted by Crippen LogP contribution is -2.02. The second-order valence-electron chi connectivity index (χ2n) is 2.07. The molecule has 0 aliphatic heterocycles. The Balaban J connectivity index is 2.81. The van der Waals surface area contributed by atoms with Crippen LogP contribution in [0.3, 0.4) is 0 Å². The lowest BCUT2D eigenvalue weighted by atomic mass is 10.1. The van der Waals surface area contributed by atoms with Crippen molar-refractivity contribution in [2.75, 3.05) is 6.54 Å². The van der Waals surface area contributed by atoms with E-state index in [1.807, 2.05) is 0 Å². The van der Waals surface area contributed by atoms with Gasteiger partial charge in [-0.15, -0.1) is 0 Å². The van der Waals surface area contributed by atoms with Crippen LogP contribution in [0, 0.1) is 6.07 Å². The molecule has 2 heteroatoms. The summed E-state index contributed by atoms with van der Waals surface area (Å²) in [4.78, 5) is 0. The van der Waals surface area contributed by atoms with Crippen molar-refractivity contribution in [2.45, 2.75) is 6.42 Å². The molecule has 0 saturated heterocycles. The molecule has 1 rings (SSSR count). The van der Waals surface area contributed by atoms with Crippen LogP contribution in [0.4, 0.5) is 0 Å². The maximum atomic E-state index is 9.15. The highest BCUT2D eigenvalue weighted by atomic mass is 16.3. The van der Waals surface area contributed by atoms with E-state index in [2.05, 4.69) is 6.07 Å². The van der Waals surface area contributed by atoms with Crippen molar-refractivity contribution in [3.63, 3.8) is 0 Å². The number of aromatic hydroxyl groups is 1. The van der Waals surface area contributed by atoms with Gasteiger partial charge in [-0.2, -0.15) is 0 Å². The van der Waals surface area contributed by atoms with Gasteiger partial charge in [-0.3, -0.25) is 0 Å². The van der Waals surface area contributed by atoms with Crippen molar-refractivity contribution >= 4 is 0 Å². The van der Waals surface area contributed by atoms with Gasteiger partial charge < -0.3 is 10.8 Å². The zero-order valence-electron chi connectivity index (χ0n) is 5.67. The zero-order chi connectivity index (χ0) is 7.40. The molecule has 0 aromatic heterocycles. The molecule has 53 valence electrons. The Morgan fingerprint density at radius 1 is 1.60 bits per heavy atom. The van der Waals surface area contributed by atoms with Crippen LogP contribution in [0.2, 0.25) is 0 Å². The summed E-state index contributed by atoms with van der Waals surface area (Å²) in [5, 5.41) is 9.15. The first kappa shape index (κ1) is 7.09. The molecular formula is C8H10NO. The van der Waals surface area contributed by atoms with Gasteiger partial charge >= 0.3 is 0 Å². The van der Waals surface area contributed by atoms with Crippen molar-refractivity contribution < 1.29 is 5.11 Å². The monoisotopic (exact) mass is 136 g/mol. The topological polar surface area (TPSA) is 46.2 Å². The molecular weight excluding hydrogens is 126 g/mol. The molecule has 0 aliphatic carbocycles. The minimum atomic E-state index is 0.285. The standard InChI is InChI=1S/C8H10NO/c9-6-5-7-3-1-2-4-8(7)10/h1-2,4,10H,5-6,9H2. The summed E-state index contributed by atoms with van der Waals surface area (Å²) in [7, 11) is 0. The fourth-order valence-corrected chi connectivity index (χ4v) is 0.807. The van der Waals surface area contributed by atoms with Crippen molar-refractivity contribution in [1.29, 1.82) is 0 Å². The first-order valence-electron chi connectivity index (χ1n) is 3.23. The average Bonchev–Trinajstić information content (AvgIpc) is 1.94. The first-order chi connectivity index (χ1) is 4.84. The molecule has 1 radical (unpaired) electrons. The smallest absolute Gasteiger partial charge is 0.119 e. The highest BCUT2D eigenvalue weighted by molar-refractivity contribution is 5.30. The molecule has 0 spiro atoms. The van der Waals surface area contributed by atoms with Gasteiger partial charge in [0.1, 0.15) is 5.75 Å². The van der Waals surface area contributed by atoms with Crippen LogP contribution in [-0.4, -0.2) is 11.7 Å². The van der Waals surface area contributed by atoms with Crippen LogP contribution in [0.25, 0.3) is 0 Å². The van der Waals surface area contributed by atoms with E-state index >= 15 is 0 Å². The van der Waals surface area contributed by atoms with E-state index in [0.717, 1.165) is 5.56 Å². The summed E-state index contributed by atoms with van der Waals surface area (Å²) in [5.74, 6) is 0.285. The van der Waals surface area contributed by atoms with E-state index in [0.29, 0.717) is 13.0 Å². The number of hydrogen-bond acceptors (Lipinski definition) is 2. The fourth-order valence-electron chi connectivity index (χ4n) is 0.807. The van der Waals surface area contributed by atoms with Crippen LogP contribution >= 0.6 is 0 Å². The number of nitrogens with two attached hydrogens (primary N) is 1. The molecule has 0 fully saturated rings. The molecule has 1 aromatic rings. The van der Waals surface area contributed by atoms with E-state index in [9.17, 15) is 0 Å². The Morgan fingerprint density at radius 2 is 2.40 bits per heavy atom. The summed E-state index contributed by atoms with van der Waals surface area (Å²) in [6, 6.07) is 8.06. The third-order valence-electron chi connectivity index (χ3n) is 1.31. The maximum Gasteiger partial charge on any atom is 0.119 e. The maximum absolute atomic E-state index is 9.15. The second-order valence-corrected chi connectivity index (χ2v) is 2.07. The summed E-state index contributed by atoms with van der Waals surface area (Å²) in [6.07, 6.45) is 0.687. The Morgan fingerprint density at radius 3 is 3.00 bits per heavy atom. The Bertz CT molecular complexity index is 210. The SMILES string of the molecule is NCCc1[c]cccc1O. The minimum Gasteiger partial charge on any atom is -0.508 e. The lowest BCUT2D eigenvalue weighted by Gasteiger charge is -1.99. The Labute approximate surface area is 60.3 Å². The highest BCUT2D eigenvalue weighted by Crippen LogP contribution is 2.14. The van der Waals surface area contributed by atoms with Crippen molar-refractivity contribution in [3.05, 3.63) is 29.8 Å². The van der Waals surface area contributed by atoms with Gasteiger partial charge in [0.25, 0.3) is 0 Å². The number of phenolic OH excluding ortho intramolecular Hbond substituents is 1. The Kier molecular flexibility index (Phi) is 2.29. The van der Waals surface area contributed by atoms with Gasteiger partial charge in [-0.1, -0.05) is 12.1 Å². The number of benzene rings is 1. The molecule has 0 amide bonds. The van der Waals surface area contributed by atoms with Gasteiger partial charge in [-0.25, -0.2) is 0 Å². The lowest BCUT2D eigenvalue weighted by molar-refractivity contribution is 0.468. The molecule has 0 unspecified atom stereocenters. The van der Waals surface area contributed by atoms with E-state index in [4.69, 9.17) is 10.8 Å². The second kappa shape index (κ2) is 3.22. The first-order valence-corrected chi connectivity index (χ1v) is 3.23. The minimum absolute atomic E-state index is 0.285. The van der Waals surface area contributed by atoms with Gasteiger partial charge in [-0.05, 0) is 25.1 Å². The zero-order valence-corrected chi connectivity index (χ0v) is 5.67. The van der Waals surface area contributed by atoms with Gasteiger partial charge in [0.2, 0.25) is 0 Å². The van der Waals surface area contributed by atoms with E-state index < -0.39 is 0 Å². The highest BCUT2D eigenvalue weighted by Gasteiger charge is 1.95. The molecule has 0 saturated carbocycles. The normalized spacial score (nSPS) is 9.70. The van der Waals surface area contributed by atoms with Crippen LogP contribution in [0.15, 0.2) is 18.2 Å². The predicted molar refractivity (Wildman–Crippen MR) is 39.7 cm³/mol. The molecule has 0 bridgehead atoms. The summed E-state index contributed by atoms with van der Waals surface area (Å²) in [6.45, 7) is 0.550. The molecule has 3 N–H and O–H groups in total. The van der Waals surface area contributed by atoms with E-state index in [1.54, 1.807) is 18.2 Å². The quantitative estimate of drug-likeness (QED) is 0.628. The van der Waals surface area contributed by atoms with Gasteiger partial charge in [0.05, 0.1) is 0 Å². The predicted octanol–water partition coefficient (Wildman–Crippen LogP) is 0.694. The largest absolute Gasteiger partial charge is 0.508 e. The number of phenols is 1. The summed E-state index contributed by atoms with van der Waals surface area (Å²) >= 11 is 0. The number of rotatable bonds is 2. The number of hydrogen-bond donors (Lipinski definition) is 2.